The SMILES string of the molecule is Cn1cncc1C[C@H](N)C(=O)O.Cn1cncc1C[C@H](NC(=O)CCN)C(=O)O.NCCC(=O)N[C@@H](Cc1cnc[nH]1)C(=O)O.NCCC(=O)O.NCCC(=O)O.N[C@@H](Cc1cnc[nH]1)C(=O)O.[Mg+2].[Mg+2]. The zero-order chi connectivity index (χ0) is 52.2. The van der Waals surface area contributed by atoms with Gasteiger partial charge in [-0.15, -0.1) is 0 Å². The van der Waals surface area contributed by atoms with Gasteiger partial charge in [-0.2, -0.15) is 0 Å². The smallest absolute Gasteiger partial charge is 0.481 e. The number of carboxylic acids is 6. The van der Waals surface area contributed by atoms with E-state index in [2.05, 4.69) is 40.5 Å². The molecule has 32 heteroatoms. The first kappa shape index (κ1) is 70.5. The van der Waals surface area contributed by atoms with Crippen LogP contribution in [0, 0.1) is 0 Å². The van der Waals surface area contributed by atoms with Crippen LogP contribution >= 0.6 is 0 Å². The summed E-state index contributed by atoms with van der Waals surface area (Å²) in [7, 11) is 3.57. The van der Waals surface area contributed by atoms with Gasteiger partial charge in [-0.3, -0.25) is 28.8 Å². The molecule has 0 spiro atoms. The van der Waals surface area contributed by atoms with Crippen LogP contribution in [0.5, 0.6) is 0 Å². The van der Waals surface area contributed by atoms with Crippen molar-refractivity contribution < 1.29 is 69.0 Å². The molecule has 22 N–H and O–H groups in total. The number of hydrogen-bond acceptors (Lipinski definition) is 18. The Labute approximate surface area is 433 Å². The maximum absolute atomic E-state index is 11.3. The van der Waals surface area contributed by atoms with Crippen molar-refractivity contribution in [2.45, 2.75) is 75.5 Å². The Bertz CT molecular complexity index is 2060. The van der Waals surface area contributed by atoms with Crippen LogP contribution < -0.4 is 45.0 Å². The Morgan fingerprint density at radius 3 is 1.13 bits per heavy atom. The van der Waals surface area contributed by atoms with Crippen molar-refractivity contribution in [2.24, 2.45) is 48.5 Å². The number of rotatable bonds is 22. The van der Waals surface area contributed by atoms with Crippen LogP contribution in [0.3, 0.4) is 0 Å². The Balaban J connectivity index is -0.000000385. The molecule has 4 atom stereocenters. The van der Waals surface area contributed by atoms with Crippen molar-refractivity contribution in [3.05, 3.63) is 72.9 Å². The van der Waals surface area contributed by atoms with Crippen molar-refractivity contribution >= 4 is 93.7 Å². The quantitative estimate of drug-likeness (QED) is 0.0327. The van der Waals surface area contributed by atoms with Crippen molar-refractivity contribution in [3.8, 4) is 0 Å². The standard InChI is InChI=1S/C10H16N4O3.C9H14N4O3.C7H11N3O2.C6H9N3O2.2C3H7NO2.2Mg/c1-14-6-12-5-7(14)4-8(10(16)17)13-9(15)2-3-11;10-2-1-8(14)13-7(9(15)16)3-6-4-11-5-12-6;1-10-4-9-3-5(10)2-6(8)7(11)12;7-5(6(10)11)1-4-2-8-3-9-4;2*4-2-1-3(5)6;;/h5-6,8H,2-4,11H2,1H3,(H,13,15)(H,16,17);4-5,7H,1-3,10H2,(H,11,12)(H,13,14)(H,15,16);3-4,6H,2,8H2,1H3,(H,11,12);2-3,5H,1,7H2,(H,8,9)(H,10,11);2*1-2,4H2,(H,5,6);;/q;;;;;;2*+2/t8-;7-;6-;5-;;;;/m0000..../s1. The molecule has 4 rings (SSSR count). The van der Waals surface area contributed by atoms with Crippen LogP contribution in [-0.4, -0.2) is 214 Å². The summed E-state index contributed by atoms with van der Waals surface area (Å²) >= 11 is 0. The molecule has 0 saturated heterocycles. The fourth-order valence-electron chi connectivity index (χ4n) is 4.46. The molecule has 70 heavy (non-hydrogen) atoms. The van der Waals surface area contributed by atoms with Crippen LogP contribution in [0.15, 0.2) is 50.1 Å². The second kappa shape index (κ2) is 41.8. The van der Waals surface area contributed by atoms with Gasteiger partial charge in [-0.1, -0.05) is 0 Å². The zero-order valence-electron chi connectivity index (χ0n) is 38.9. The fraction of sp³-hybridized carbons (Fsp3) is 0.474. The van der Waals surface area contributed by atoms with E-state index in [1.165, 1.54) is 18.9 Å². The van der Waals surface area contributed by atoms with Crippen LogP contribution in [0.2, 0.25) is 0 Å². The average Bonchev–Trinajstić information content (AvgIpc) is 4.10. The van der Waals surface area contributed by atoms with Crippen LogP contribution in [0.4, 0.5) is 0 Å². The molecule has 0 unspecified atom stereocenters. The summed E-state index contributed by atoms with van der Waals surface area (Å²) in [4.78, 5) is 105. The minimum absolute atomic E-state index is 0. The van der Waals surface area contributed by atoms with Gasteiger partial charge in [0.05, 0.1) is 38.2 Å². The largest absolute Gasteiger partial charge is 2.00 e. The van der Waals surface area contributed by atoms with Gasteiger partial charge >= 0.3 is 81.9 Å². The number of nitrogens with one attached hydrogen (secondary N) is 4. The van der Waals surface area contributed by atoms with E-state index in [1.54, 1.807) is 54.5 Å². The molecule has 4 aromatic rings. The number of hydrogen-bond donors (Lipinski definition) is 16. The summed E-state index contributed by atoms with van der Waals surface area (Å²) in [5.41, 5.74) is 33.7. The van der Waals surface area contributed by atoms with E-state index in [4.69, 9.17) is 65.0 Å². The molecule has 0 aromatic carbocycles. The van der Waals surface area contributed by atoms with Crippen molar-refractivity contribution in [3.63, 3.8) is 0 Å². The minimum Gasteiger partial charge on any atom is -0.481 e. The molecule has 4 heterocycles. The topological polar surface area (TPSA) is 531 Å². The van der Waals surface area contributed by atoms with E-state index < -0.39 is 60.0 Å². The molecular formula is C38H64Mg2N16O14+4. The third-order valence-electron chi connectivity index (χ3n) is 8.01. The summed E-state index contributed by atoms with van der Waals surface area (Å²) in [5, 5.41) is 55.3. The normalized spacial score (nSPS) is 11.3. The number of aromatic nitrogens is 8. The Morgan fingerprint density at radius 1 is 0.514 bits per heavy atom. The van der Waals surface area contributed by atoms with Crippen LogP contribution in [0.1, 0.15) is 48.5 Å². The number of aliphatic carboxylic acids is 6. The maximum Gasteiger partial charge on any atom is 2.00 e. The Kier molecular flexibility index (Phi) is 42.1. The van der Waals surface area contributed by atoms with Gasteiger partial charge < -0.3 is 94.8 Å². The second-order valence-electron chi connectivity index (χ2n) is 13.7. The zero-order valence-corrected chi connectivity index (χ0v) is 41.8. The first-order valence-electron chi connectivity index (χ1n) is 20.1. The average molecular weight is 1020 g/mol. The molecule has 0 fully saturated rings. The van der Waals surface area contributed by atoms with Gasteiger partial charge in [0.2, 0.25) is 11.8 Å². The molecule has 4 aromatic heterocycles. The number of aromatic amines is 2. The Morgan fingerprint density at radius 2 is 0.857 bits per heavy atom. The molecule has 0 bridgehead atoms. The third kappa shape index (κ3) is 36.0. The van der Waals surface area contributed by atoms with E-state index in [-0.39, 0.29) is 129 Å². The molecule has 380 valence electrons. The number of carboxylic acid groups (broad SMARTS) is 6. The van der Waals surface area contributed by atoms with Gasteiger partial charge in [-0.05, 0) is 0 Å². The Hall–Kier alpha value is -6.11. The summed E-state index contributed by atoms with van der Waals surface area (Å²) < 4.78 is 3.47. The number of nitrogens with zero attached hydrogens (tertiary/aromatic N) is 6. The fourth-order valence-corrected chi connectivity index (χ4v) is 4.46. The monoisotopic (exact) mass is 1020 g/mol. The molecule has 0 radical (unpaired) electrons. The maximum atomic E-state index is 11.3. The number of carbonyl (C=O) groups excluding carboxylic acids is 2. The molecule has 0 aliphatic heterocycles. The summed E-state index contributed by atoms with van der Waals surface area (Å²) in [5.74, 6) is -6.54. The summed E-state index contributed by atoms with van der Waals surface area (Å²) in [6.45, 7) is 0.858. The number of H-pyrrole nitrogens is 2. The van der Waals surface area contributed by atoms with Crippen LogP contribution in [-0.2, 0) is 78.1 Å². The van der Waals surface area contributed by atoms with Gasteiger partial charge in [0.1, 0.15) is 24.2 Å². The number of imidazole rings is 4. The first-order chi connectivity index (χ1) is 32.0. The van der Waals surface area contributed by atoms with E-state index in [0.29, 0.717) is 12.1 Å². The minimum atomic E-state index is -1.08. The molecule has 2 amide bonds. The summed E-state index contributed by atoms with van der Waals surface area (Å²) in [6, 6.07) is -3.61. The van der Waals surface area contributed by atoms with Crippen molar-refractivity contribution in [1.82, 2.24) is 49.7 Å². The third-order valence-corrected chi connectivity index (χ3v) is 8.01. The van der Waals surface area contributed by atoms with Gasteiger partial charge in [0.15, 0.2) is 0 Å². The summed E-state index contributed by atoms with van der Waals surface area (Å²) in [6.07, 6.45) is 13.7. The number of carbonyl (C=O) groups is 8. The number of aryl methyl sites for hydroxylation is 2. The molecule has 0 saturated carbocycles. The molecule has 0 aliphatic rings. The van der Waals surface area contributed by atoms with Gasteiger partial charge in [0.25, 0.3) is 0 Å². The first-order valence-corrected chi connectivity index (χ1v) is 20.1. The molecule has 0 aliphatic carbocycles. The van der Waals surface area contributed by atoms with Crippen molar-refractivity contribution in [2.75, 3.05) is 26.2 Å². The van der Waals surface area contributed by atoms with Gasteiger partial charge in [-0.25, -0.2) is 29.5 Å². The van der Waals surface area contributed by atoms with Gasteiger partial charge in [0, 0.05) is 126 Å². The molecule has 30 nitrogen and oxygen atoms in total. The predicted molar refractivity (Wildman–Crippen MR) is 250 cm³/mol. The van der Waals surface area contributed by atoms with E-state index in [9.17, 15) is 38.4 Å². The second-order valence-corrected chi connectivity index (χ2v) is 13.7. The van der Waals surface area contributed by atoms with E-state index in [1.807, 2.05) is 0 Å². The van der Waals surface area contributed by atoms with E-state index >= 15 is 0 Å². The molecular weight excluding hydrogens is 953 g/mol. The van der Waals surface area contributed by atoms with Crippen LogP contribution in [0.25, 0.3) is 0 Å². The number of amides is 2. The van der Waals surface area contributed by atoms with Crippen molar-refractivity contribution in [1.29, 1.82) is 0 Å². The number of nitrogens with two attached hydrogens (primary N) is 6. The predicted octanol–water partition coefficient (Wildman–Crippen LogP) is -5.43. The van der Waals surface area contributed by atoms with E-state index in [0.717, 1.165) is 17.1 Å².